The van der Waals surface area contributed by atoms with Crippen LogP contribution >= 0.6 is 12.2 Å². The van der Waals surface area contributed by atoms with Crippen LogP contribution in [0.3, 0.4) is 0 Å². The van der Waals surface area contributed by atoms with Crippen molar-refractivity contribution in [3.63, 3.8) is 0 Å². The molecule has 0 radical (unpaired) electrons. The van der Waals surface area contributed by atoms with E-state index in [2.05, 4.69) is 30.0 Å². The molecule has 0 saturated carbocycles. The third-order valence-electron chi connectivity index (χ3n) is 5.07. The molecular formula is C22H32N4O2S. The molecule has 0 aliphatic carbocycles. The summed E-state index contributed by atoms with van der Waals surface area (Å²) in [5.74, 6) is 0.189. The number of nitrogens with one attached hydrogen (secondary N) is 3. The summed E-state index contributed by atoms with van der Waals surface area (Å²) in [6.45, 7) is 6.66. The molecule has 1 aromatic rings. The van der Waals surface area contributed by atoms with E-state index in [0.29, 0.717) is 11.0 Å². The molecule has 1 aromatic carbocycles. The first kappa shape index (κ1) is 22.9. The van der Waals surface area contributed by atoms with Crippen LogP contribution in [0.1, 0.15) is 70.0 Å². The Morgan fingerprint density at radius 1 is 1.21 bits per heavy atom. The molecule has 2 unspecified atom stereocenters. The highest BCUT2D eigenvalue weighted by molar-refractivity contribution is 7.80. The molecule has 0 aromatic heterocycles. The minimum Gasteiger partial charge on any atom is -0.361 e. The third kappa shape index (κ3) is 7.16. The van der Waals surface area contributed by atoms with E-state index in [4.69, 9.17) is 12.2 Å². The van der Waals surface area contributed by atoms with Gasteiger partial charge in [-0.2, -0.15) is 0 Å². The van der Waals surface area contributed by atoms with Crippen molar-refractivity contribution in [3.05, 3.63) is 41.6 Å². The van der Waals surface area contributed by atoms with Crippen molar-refractivity contribution in [1.29, 1.82) is 0 Å². The lowest BCUT2D eigenvalue weighted by atomic mass is 9.93. The molecule has 29 heavy (non-hydrogen) atoms. The Labute approximate surface area is 179 Å². The van der Waals surface area contributed by atoms with Crippen LogP contribution < -0.4 is 16.2 Å². The van der Waals surface area contributed by atoms with Crippen LogP contribution in [0.15, 0.2) is 30.5 Å². The molecule has 7 heteroatoms. The van der Waals surface area contributed by atoms with Crippen molar-refractivity contribution in [2.75, 3.05) is 6.54 Å². The second-order valence-corrected chi connectivity index (χ2v) is 7.98. The molecule has 0 saturated heterocycles. The number of amides is 2. The molecule has 3 N–H and O–H groups in total. The smallest absolute Gasteiger partial charge is 0.240 e. The number of rotatable bonds is 8. The van der Waals surface area contributed by atoms with E-state index in [9.17, 15) is 9.59 Å². The average Bonchev–Trinajstić information content (AvgIpc) is 2.71. The van der Waals surface area contributed by atoms with Crippen LogP contribution in [-0.2, 0) is 9.59 Å². The highest BCUT2D eigenvalue weighted by Crippen LogP contribution is 2.32. The Balaban J connectivity index is 1.82. The Kier molecular flexibility index (Phi) is 9.12. The molecule has 0 bridgehead atoms. The van der Waals surface area contributed by atoms with Gasteiger partial charge in [-0.15, -0.1) is 0 Å². The molecule has 0 spiro atoms. The lowest BCUT2D eigenvalue weighted by molar-refractivity contribution is -0.130. The monoisotopic (exact) mass is 416 g/mol. The fraction of sp³-hybridized carbons (Fsp3) is 0.500. The lowest BCUT2D eigenvalue weighted by Gasteiger charge is -2.32. The van der Waals surface area contributed by atoms with Crippen molar-refractivity contribution in [1.82, 2.24) is 21.1 Å². The predicted octanol–water partition coefficient (Wildman–Crippen LogP) is 3.66. The van der Waals surface area contributed by atoms with E-state index in [0.717, 1.165) is 24.1 Å². The van der Waals surface area contributed by atoms with Crippen molar-refractivity contribution >= 4 is 35.2 Å². The molecule has 158 valence electrons. The summed E-state index contributed by atoms with van der Waals surface area (Å²) in [5, 5.41) is 3.54. The maximum Gasteiger partial charge on any atom is 0.240 e. The zero-order valence-corrected chi connectivity index (χ0v) is 18.3. The van der Waals surface area contributed by atoms with Gasteiger partial charge in [0, 0.05) is 19.7 Å². The Morgan fingerprint density at radius 2 is 1.97 bits per heavy atom. The summed E-state index contributed by atoms with van der Waals surface area (Å²) in [6, 6.07) is 7.45. The number of benzene rings is 1. The molecule has 1 heterocycles. The number of hydrogen-bond donors (Lipinski definition) is 3. The van der Waals surface area contributed by atoms with Gasteiger partial charge in [-0.05, 0) is 41.8 Å². The second-order valence-electron chi connectivity index (χ2n) is 7.58. The maximum atomic E-state index is 12.5. The van der Waals surface area contributed by atoms with Gasteiger partial charge in [0.25, 0.3) is 0 Å². The third-order valence-corrected chi connectivity index (χ3v) is 5.32. The number of unbranched alkanes of at least 4 members (excludes halogenated alkanes) is 2. The maximum absolute atomic E-state index is 12.5. The van der Waals surface area contributed by atoms with Crippen molar-refractivity contribution in [2.45, 2.75) is 58.9 Å². The fourth-order valence-corrected chi connectivity index (χ4v) is 3.56. The van der Waals surface area contributed by atoms with Gasteiger partial charge in [-0.3, -0.25) is 20.4 Å². The number of thiocarbonyl (C=S) groups is 1. The van der Waals surface area contributed by atoms with Crippen LogP contribution in [0, 0.1) is 5.92 Å². The number of hydrogen-bond acceptors (Lipinski definition) is 3. The lowest BCUT2D eigenvalue weighted by Crippen LogP contribution is -2.48. The predicted molar refractivity (Wildman–Crippen MR) is 121 cm³/mol. The zero-order valence-electron chi connectivity index (χ0n) is 17.5. The van der Waals surface area contributed by atoms with Gasteiger partial charge >= 0.3 is 0 Å². The summed E-state index contributed by atoms with van der Waals surface area (Å²) in [7, 11) is 0. The summed E-state index contributed by atoms with van der Waals surface area (Å²) < 4.78 is 0. The van der Waals surface area contributed by atoms with E-state index in [1.54, 1.807) is 11.1 Å². The first-order valence-corrected chi connectivity index (χ1v) is 10.7. The van der Waals surface area contributed by atoms with Crippen LogP contribution in [0.25, 0.3) is 6.08 Å². The molecule has 1 aliphatic rings. The number of fused-ring (bicyclic) bond motifs is 1. The molecule has 6 nitrogen and oxygen atoms in total. The minimum absolute atomic E-state index is 0.101. The van der Waals surface area contributed by atoms with Crippen LogP contribution in [0.2, 0.25) is 0 Å². The van der Waals surface area contributed by atoms with Gasteiger partial charge < -0.3 is 10.2 Å². The summed E-state index contributed by atoms with van der Waals surface area (Å²) in [5.41, 5.74) is 7.38. The van der Waals surface area contributed by atoms with Gasteiger partial charge in [-0.25, -0.2) is 0 Å². The summed E-state index contributed by atoms with van der Waals surface area (Å²) in [4.78, 5) is 26.1. The van der Waals surface area contributed by atoms with Gasteiger partial charge in [0.2, 0.25) is 11.8 Å². The Morgan fingerprint density at radius 3 is 2.69 bits per heavy atom. The quantitative estimate of drug-likeness (QED) is 0.343. The Bertz CT molecular complexity index is 750. The Hall–Kier alpha value is -2.41. The van der Waals surface area contributed by atoms with Gasteiger partial charge in [0.1, 0.15) is 0 Å². The highest BCUT2D eigenvalue weighted by atomic mass is 32.1. The molecule has 0 fully saturated rings. The van der Waals surface area contributed by atoms with Crippen molar-refractivity contribution in [2.24, 2.45) is 5.92 Å². The van der Waals surface area contributed by atoms with Crippen LogP contribution in [0.5, 0.6) is 0 Å². The number of nitrogens with zero attached hydrogens (tertiary/aromatic N) is 1. The first-order chi connectivity index (χ1) is 13.9. The zero-order chi connectivity index (χ0) is 21.2. The normalized spacial score (nSPS) is 16.0. The summed E-state index contributed by atoms with van der Waals surface area (Å²) in [6.07, 6.45) is 8.62. The second kappa shape index (κ2) is 11.6. The average molecular weight is 417 g/mol. The van der Waals surface area contributed by atoms with Crippen molar-refractivity contribution in [3.8, 4) is 0 Å². The largest absolute Gasteiger partial charge is 0.361 e. The van der Waals surface area contributed by atoms with Gasteiger partial charge in [-0.1, -0.05) is 57.4 Å². The molecule has 1 aliphatic heterocycles. The molecule has 2 rings (SSSR count). The fourth-order valence-electron chi connectivity index (χ4n) is 3.42. The molecule has 2 amide bonds. The topological polar surface area (TPSA) is 73.5 Å². The number of carbonyl (C=O) groups is 2. The number of hydrazine groups is 1. The standard InChI is InChI=1S/C22H32N4O2S/c1-4-5-6-9-16(2)15-23-22(29)25-24-21(28)14-20-19-11-8-7-10-18(19)12-13-26(20)17(3)27/h7-8,10-13,16,20H,4-6,9,14-15H2,1-3H3,(H,24,28)(H2,23,25,29). The summed E-state index contributed by atoms with van der Waals surface area (Å²) >= 11 is 5.25. The SMILES string of the molecule is CCCCCC(C)CNC(=S)NNC(=O)CC1c2ccccc2C=CN1C(C)=O. The van der Waals surface area contributed by atoms with E-state index in [1.807, 2.05) is 30.3 Å². The first-order valence-electron chi connectivity index (χ1n) is 10.3. The highest BCUT2D eigenvalue weighted by Gasteiger charge is 2.28. The van der Waals surface area contributed by atoms with Crippen LogP contribution in [-0.4, -0.2) is 28.4 Å². The minimum atomic E-state index is -0.337. The van der Waals surface area contributed by atoms with E-state index < -0.39 is 0 Å². The van der Waals surface area contributed by atoms with Crippen molar-refractivity contribution < 1.29 is 9.59 Å². The van der Waals surface area contributed by atoms with Gasteiger partial charge in [0.15, 0.2) is 5.11 Å². The van der Waals surface area contributed by atoms with Crippen LogP contribution in [0.4, 0.5) is 0 Å². The van der Waals surface area contributed by atoms with Gasteiger partial charge in [0.05, 0.1) is 12.5 Å². The van der Waals surface area contributed by atoms with E-state index in [1.165, 1.54) is 26.2 Å². The van der Waals surface area contributed by atoms with E-state index >= 15 is 0 Å². The van der Waals surface area contributed by atoms with E-state index in [-0.39, 0.29) is 24.3 Å². The molecular weight excluding hydrogens is 384 g/mol. The number of carbonyl (C=O) groups excluding carboxylic acids is 2. The molecule has 2 atom stereocenters.